The van der Waals surface area contributed by atoms with Crippen LogP contribution in [0.3, 0.4) is 0 Å². The number of amides is 3. The molecule has 150 valence electrons. The van der Waals surface area contributed by atoms with Gasteiger partial charge in [-0.1, -0.05) is 19.9 Å². The summed E-state index contributed by atoms with van der Waals surface area (Å²) in [5.74, 6) is 0. The van der Waals surface area contributed by atoms with Gasteiger partial charge in [0.15, 0.2) is 0 Å². The van der Waals surface area contributed by atoms with Gasteiger partial charge >= 0.3 is 12.1 Å². The molecule has 0 spiro atoms. The van der Waals surface area contributed by atoms with E-state index in [-0.39, 0.29) is 18.2 Å². The number of carbonyl (C=O) groups is 2. The molecule has 2 N–H and O–H groups in total. The van der Waals surface area contributed by atoms with Gasteiger partial charge in [0, 0.05) is 17.9 Å². The van der Waals surface area contributed by atoms with E-state index in [1.54, 1.807) is 34.4 Å². The van der Waals surface area contributed by atoms with Crippen molar-refractivity contribution in [3.8, 4) is 0 Å². The number of urea groups is 1. The van der Waals surface area contributed by atoms with E-state index in [0.717, 1.165) is 13.1 Å². The highest BCUT2D eigenvalue weighted by atomic mass is 32.1. The predicted octanol–water partition coefficient (Wildman–Crippen LogP) is 3.91. The van der Waals surface area contributed by atoms with Gasteiger partial charge in [0.1, 0.15) is 6.61 Å². The number of likely N-dealkylation sites (N-methyl/N-ethyl adjacent to an activating group) is 1. The topological polar surface area (TPSA) is 73.9 Å². The summed E-state index contributed by atoms with van der Waals surface area (Å²) in [6.45, 7) is 7.48. The molecule has 1 unspecified atom stereocenters. The molecule has 2 aromatic rings. The Morgan fingerprint density at radius 1 is 1.32 bits per heavy atom. The molecule has 1 aliphatic heterocycles. The van der Waals surface area contributed by atoms with Crippen molar-refractivity contribution in [1.29, 1.82) is 0 Å². The van der Waals surface area contributed by atoms with Gasteiger partial charge in [-0.05, 0) is 53.7 Å². The molecule has 3 amide bonds. The average Bonchev–Trinajstić information content (AvgIpc) is 3.37. The fraction of sp³-hybridized carbons (Fsp3) is 0.400. The maximum absolute atomic E-state index is 12.4. The van der Waals surface area contributed by atoms with Crippen LogP contribution < -0.4 is 15.5 Å². The molecule has 0 radical (unpaired) electrons. The summed E-state index contributed by atoms with van der Waals surface area (Å²) in [6, 6.07) is 9.17. The van der Waals surface area contributed by atoms with Crippen molar-refractivity contribution in [3.63, 3.8) is 0 Å². The highest BCUT2D eigenvalue weighted by Gasteiger charge is 2.24. The Bertz CT molecular complexity index is 793. The van der Waals surface area contributed by atoms with E-state index in [9.17, 15) is 9.59 Å². The molecule has 0 aliphatic carbocycles. The van der Waals surface area contributed by atoms with Crippen LogP contribution in [0.1, 0.15) is 25.5 Å². The molecule has 3 rings (SSSR count). The Kier molecular flexibility index (Phi) is 6.89. The Morgan fingerprint density at radius 2 is 2.14 bits per heavy atom. The molecule has 2 heterocycles. The van der Waals surface area contributed by atoms with Gasteiger partial charge in [0.2, 0.25) is 0 Å². The van der Waals surface area contributed by atoms with E-state index < -0.39 is 0 Å². The number of carbonyl (C=O) groups excluding carboxylic acids is 2. The van der Waals surface area contributed by atoms with Crippen LogP contribution in [0.15, 0.2) is 41.1 Å². The van der Waals surface area contributed by atoms with E-state index in [0.29, 0.717) is 31.1 Å². The van der Waals surface area contributed by atoms with Crippen LogP contribution in [0.25, 0.3) is 0 Å². The molecular formula is C20H26N4O3S. The Balaban J connectivity index is 1.61. The predicted molar refractivity (Wildman–Crippen MR) is 112 cm³/mol. The van der Waals surface area contributed by atoms with Gasteiger partial charge in [0.25, 0.3) is 0 Å². The van der Waals surface area contributed by atoms with E-state index in [4.69, 9.17) is 4.74 Å². The van der Waals surface area contributed by atoms with Crippen LogP contribution >= 0.6 is 11.3 Å². The molecule has 1 aromatic heterocycles. The van der Waals surface area contributed by atoms with Crippen molar-refractivity contribution in [2.24, 2.45) is 0 Å². The zero-order chi connectivity index (χ0) is 19.9. The number of rotatable bonds is 8. The molecule has 1 saturated heterocycles. The summed E-state index contributed by atoms with van der Waals surface area (Å²) in [7, 11) is 0. The highest BCUT2D eigenvalue weighted by molar-refractivity contribution is 7.07. The number of anilines is 2. The van der Waals surface area contributed by atoms with E-state index in [1.165, 1.54) is 5.56 Å². The maximum atomic E-state index is 12.4. The van der Waals surface area contributed by atoms with Crippen LogP contribution in [0, 0.1) is 0 Å². The highest BCUT2D eigenvalue weighted by Crippen LogP contribution is 2.23. The number of nitrogens with zero attached hydrogens (tertiary/aromatic N) is 2. The van der Waals surface area contributed by atoms with Gasteiger partial charge in [0.05, 0.1) is 12.6 Å². The lowest BCUT2D eigenvalue weighted by Gasteiger charge is -2.29. The number of thiophene rings is 1. The van der Waals surface area contributed by atoms with Crippen molar-refractivity contribution < 1.29 is 14.3 Å². The second-order valence-electron chi connectivity index (χ2n) is 6.45. The third kappa shape index (κ3) is 4.82. The molecule has 8 heteroatoms. The van der Waals surface area contributed by atoms with Gasteiger partial charge < -0.3 is 15.4 Å². The number of hydrogen-bond acceptors (Lipinski definition) is 5. The van der Waals surface area contributed by atoms with Crippen molar-refractivity contribution in [2.45, 2.75) is 19.9 Å². The first-order valence-corrected chi connectivity index (χ1v) is 10.4. The van der Waals surface area contributed by atoms with Crippen molar-refractivity contribution in [3.05, 3.63) is 46.7 Å². The minimum atomic E-state index is -0.362. The summed E-state index contributed by atoms with van der Waals surface area (Å²) < 4.78 is 4.97. The number of cyclic esters (lactones) is 1. The minimum Gasteiger partial charge on any atom is -0.447 e. The molecule has 0 bridgehead atoms. The number of nitrogens with one attached hydrogen (secondary N) is 2. The van der Waals surface area contributed by atoms with Crippen molar-refractivity contribution in [2.75, 3.05) is 43.0 Å². The van der Waals surface area contributed by atoms with Gasteiger partial charge in [-0.3, -0.25) is 9.80 Å². The van der Waals surface area contributed by atoms with Crippen LogP contribution in [0.2, 0.25) is 0 Å². The van der Waals surface area contributed by atoms with Gasteiger partial charge in [-0.2, -0.15) is 11.3 Å². The zero-order valence-electron chi connectivity index (χ0n) is 16.2. The quantitative estimate of drug-likeness (QED) is 0.702. The minimum absolute atomic E-state index is 0.137. The molecule has 1 fully saturated rings. The average molecular weight is 403 g/mol. The molecule has 1 aromatic carbocycles. The van der Waals surface area contributed by atoms with Crippen LogP contribution in [-0.2, 0) is 4.74 Å². The lowest BCUT2D eigenvalue weighted by Crippen LogP contribution is -2.39. The Morgan fingerprint density at radius 3 is 2.79 bits per heavy atom. The Hall–Kier alpha value is -2.58. The fourth-order valence-corrected chi connectivity index (χ4v) is 4.04. The molecular weight excluding hydrogens is 376 g/mol. The summed E-state index contributed by atoms with van der Waals surface area (Å²) in [5.41, 5.74) is 2.55. The van der Waals surface area contributed by atoms with Crippen LogP contribution in [0.4, 0.5) is 21.0 Å². The first-order chi connectivity index (χ1) is 13.6. The van der Waals surface area contributed by atoms with Crippen molar-refractivity contribution >= 4 is 34.8 Å². The number of hydrogen-bond donors (Lipinski definition) is 2. The molecule has 1 atom stereocenters. The van der Waals surface area contributed by atoms with E-state index in [2.05, 4.69) is 46.2 Å². The molecule has 7 nitrogen and oxygen atoms in total. The van der Waals surface area contributed by atoms with Gasteiger partial charge in [-0.15, -0.1) is 0 Å². The van der Waals surface area contributed by atoms with E-state index in [1.807, 2.05) is 6.07 Å². The summed E-state index contributed by atoms with van der Waals surface area (Å²) in [4.78, 5) is 28.0. The lowest BCUT2D eigenvalue weighted by molar-refractivity contribution is 0.181. The molecule has 28 heavy (non-hydrogen) atoms. The summed E-state index contributed by atoms with van der Waals surface area (Å²) in [6.07, 6.45) is -0.362. The smallest absolute Gasteiger partial charge is 0.414 e. The summed E-state index contributed by atoms with van der Waals surface area (Å²) in [5, 5.41) is 10.0. The van der Waals surface area contributed by atoms with Crippen molar-refractivity contribution in [1.82, 2.24) is 10.2 Å². The normalized spacial score (nSPS) is 14.8. The second kappa shape index (κ2) is 9.57. The molecule has 1 aliphatic rings. The maximum Gasteiger partial charge on any atom is 0.414 e. The first kappa shape index (κ1) is 20.2. The van der Waals surface area contributed by atoms with E-state index >= 15 is 0 Å². The van der Waals surface area contributed by atoms with Gasteiger partial charge in [-0.25, -0.2) is 9.59 Å². The number of benzene rings is 1. The Labute approximate surface area is 169 Å². The lowest BCUT2D eigenvalue weighted by atomic mass is 10.1. The van der Waals surface area contributed by atoms with Crippen LogP contribution in [-0.4, -0.2) is 49.8 Å². The zero-order valence-corrected chi connectivity index (χ0v) is 17.0. The largest absolute Gasteiger partial charge is 0.447 e. The second-order valence-corrected chi connectivity index (χ2v) is 7.23. The monoisotopic (exact) mass is 402 g/mol. The standard InChI is InChI=1S/C20H26N4O3S/c1-3-23(4-2)18(15-8-11-28-14-15)13-21-19(25)22-16-6-5-7-17(12-16)24-9-10-27-20(24)26/h5-8,11-12,14,18H,3-4,9-10,13H2,1-2H3,(H2,21,22,25). The summed E-state index contributed by atoms with van der Waals surface area (Å²) >= 11 is 1.66. The van der Waals surface area contributed by atoms with Crippen LogP contribution in [0.5, 0.6) is 0 Å². The number of ether oxygens (including phenoxy) is 1. The SMILES string of the molecule is CCN(CC)C(CNC(=O)Nc1cccc(N2CCOC2=O)c1)c1ccsc1. The fourth-order valence-electron chi connectivity index (χ4n) is 3.33. The third-order valence-electron chi connectivity index (χ3n) is 4.81. The molecule has 0 saturated carbocycles. The third-order valence-corrected chi connectivity index (χ3v) is 5.52. The first-order valence-electron chi connectivity index (χ1n) is 9.47.